The summed E-state index contributed by atoms with van der Waals surface area (Å²) >= 11 is 6.15. The van der Waals surface area contributed by atoms with Crippen molar-refractivity contribution in [3.05, 3.63) is 31.9 Å². The minimum atomic E-state index is -1.19. The summed E-state index contributed by atoms with van der Waals surface area (Å²) in [7, 11) is 1.56. The number of carbonyl (C=O) groups excluding carboxylic acids is 2. The molecule has 2 aliphatic heterocycles. The number of carboxylic acid groups (broad SMARTS) is 1. The zero-order valence-electron chi connectivity index (χ0n) is 19.0. The van der Waals surface area contributed by atoms with Crippen LogP contribution in [-0.2, 0) is 26.2 Å². The molecule has 0 bridgehead atoms. The van der Waals surface area contributed by atoms with E-state index in [4.69, 9.17) is 22.1 Å². The molecule has 1 N–H and O–H groups in total. The van der Waals surface area contributed by atoms with Crippen LogP contribution in [-0.4, -0.2) is 63.0 Å². The van der Waals surface area contributed by atoms with Gasteiger partial charge in [-0.25, -0.2) is 0 Å². The molecule has 1 aromatic heterocycles. The first kappa shape index (κ1) is 25.5. The predicted molar refractivity (Wildman–Crippen MR) is 130 cm³/mol. The lowest BCUT2D eigenvalue weighted by Crippen LogP contribution is -2.40. The molecule has 2 aliphatic rings. The van der Waals surface area contributed by atoms with E-state index in [9.17, 15) is 24.4 Å². The van der Waals surface area contributed by atoms with Gasteiger partial charge in [-0.2, -0.15) is 5.26 Å². The Morgan fingerprint density at radius 1 is 1.32 bits per heavy atom. The minimum Gasteiger partial charge on any atom is -0.480 e. The lowest BCUT2D eigenvalue weighted by molar-refractivity contribution is -0.148. The molecule has 0 radical (unpaired) electrons. The van der Waals surface area contributed by atoms with Crippen LogP contribution in [0.3, 0.4) is 0 Å². The van der Waals surface area contributed by atoms with Crippen LogP contribution in [0.5, 0.6) is 0 Å². The fourth-order valence-electron chi connectivity index (χ4n) is 4.08. The highest BCUT2D eigenvalue weighted by atomic mass is 32.2. The molecule has 0 saturated carbocycles. The van der Waals surface area contributed by atoms with Gasteiger partial charge in [0, 0.05) is 25.7 Å². The monoisotopic (exact) mass is 504 g/mol. The molecule has 0 aromatic carbocycles. The normalized spacial score (nSPS) is 17.9. The number of carbonyl (C=O) groups is 3. The Morgan fingerprint density at radius 2 is 1.97 bits per heavy atom. The average Bonchev–Trinajstić information content (AvgIpc) is 3.05. The molecular weight excluding hydrogens is 480 g/mol. The minimum absolute atomic E-state index is 0.0417. The summed E-state index contributed by atoms with van der Waals surface area (Å²) in [5.74, 6) is -1.69. The van der Waals surface area contributed by atoms with E-state index in [1.54, 1.807) is 27.0 Å². The Hall–Kier alpha value is -3.17. The second-order valence-electron chi connectivity index (χ2n) is 7.89. The van der Waals surface area contributed by atoms with Gasteiger partial charge in [-0.1, -0.05) is 24.0 Å². The van der Waals surface area contributed by atoms with Crippen LogP contribution in [0.15, 0.2) is 9.70 Å². The largest absolute Gasteiger partial charge is 0.480 e. The summed E-state index contributed by atoms with van der Waals surface area (Å²) in [6.45, 7) is 4.11. The average molecular weight is 505 g/mol. The predicted octanol–water partition coefficient (Wildman–Crippen LogP) is 1.63. The van der Waals surface area contributed by atoms with Crippen molar-refractivity contribution in [1.29, 1.82) is 5.26 Å². The van der Waals surface area contributed by atoms with E-state index < -0.39 is 24.0 Å². The number of aromatic nitrogens is 1. The van der Waals surface area contributed by atoms with Gasteiger partial charge in [0.2, 0.25) is 0 Å². The molecule has 1 aromatic rings. The standard InChI is InChI=1S/C22H24N4O6S2/c1-4-32-21(31)13-5-7-25(8-6-13)18-14(12(2)15(10-23)19(29)24(18)3)9-16-20(30)26(11-17(27)28)22(33)34-16/h9,13H,4-8,11H2,1-3H3,(H,27,28). The van der Waals surface area contributed by atoms with Crippen molar-refractivity contribution < 1.29 is 24.2 Å². The zero-order chi connectivity index (χ0) is 25.2. The number of carboxylic acids is 1. The van der Waals surface area contributed by atoms with E-state index >= 15 is 0 Å². The van der Waals surface area contributed by atoms with Crippen molar-refractivity contribution in [3.63, 3.8) is 0 Å². The molecule has 3 heterocycles. The summed E-state index contributed by atoms with van der Waals surface area (Å²) in [4.78, 5) is 52.1. The molecule has 2 fully saturated rings. The van der Waals surface area contributed by atoms with E-state index in [1.807, 2.05) is 11.0 Å². The number of hydrogen-bond donors (Lipinski definition) is 1. The molecule has 180 valence electrons. The number of pyridine rings is 1. The number of esters is 1. The third-order valence-corrected chi connectivity index (χ3v) is 7.20. The quantitative estimate of drug-likeness (QED) is 0.346. The van der Waals surface area contributed by atoms with Crippen LogP contribution in [0.1, 0.15) is 36.5 Å². The maximum absolute atomic E-state index is 12.9. The smallest absolute Gasteiger partial charge is 0.323 e. The van der Waals surface area contributed by atoms with E-state index in [0.717, 1.165) is 16.7 Å². The number of piperidine rings is 1. The highest BCUT2D eigenvalue weighted by Gasteiger charge is 2.35. The molecule has 10 nitrogen and oxygen atoms in total. The van der Waals surface area contributed by atoms with Crippen molar-refractivity contribution in [3.8, 4) is 6.07 Å². The molecule has 0 spiro atoms. The van der Waals surface area contributed by atoms with Gasteiger partial charge in [0.25, 0.3) is 11.5 Å². The van der Waals surface area contributed by atoms with Gasteiger partial charge >= 0.3 is 11.9 Å². The molecule has 2 saturated heterocycles. The molecule has 3 rings (SSSR count). The Bertz CT molecular complexity index is 1190. The van der Waals surface area contributed by atoms with Crippen molar-refractivity contribution in [2.75, 3.05) is 31.1 Å². The number of hydrogen-bond acceptors (Lipinski definition) is 9. The zero-order valence-corrected chi connectivity index (χ0v) is 20.6. The van der Waals surface area contributed by atoms with Gasteiger partial charge in [-0.3, -0.25) is 28.6 Å². The number of thiocarbonyl (C=S) groups is 1. The van der Waals surface area contributed by atoms with E-state index in [1.165, 1.54) is 4.57 Å². The second kappa shape index (κ2) is 10.4. The third-order valence-electron chi connectivity index (χ3n) is 5.82. The fourth-order valence-corrected chi connectivity index (χ4v) is 5.32. The number of rotatable bonds is 6. The van der Waals surface area contributed by atoms with Crippen LogP contribution in [0, 0.1) is 24.2 Å². The third kappa shape index (κ3) is 4.85. The van der Waals surface area contributed by atoms with Gasteiger partial charge in [-0.05, 0) is 38.3 Å². The number of nitrogens with zero attached hydrogens (tertiary/aromatic N) is 4. The van der Waals surface area contributed by atoms with E-state index in [2.05, 4.69) is 0 Å². The van der Waals surface area contributed by atoms with Crippen LogP contribution in [0.25, 0.3) is 6.08 Å². The summed E-state index contributed by atoms with van der Waals surface area (Å²) in [5.41, 5.74) is 0.415. The van der Waals surface area contributed by atoms with Gasteiger partial charge in [-0.15, -0.1) is 0 Å². The van der Waals surface area contributed by atoms with Crippen LogP contribution >= 0.6 is 24.0 Å². The van der Waals surface area contributed by atoms with Crippen molar-refractivity contribution in [1.82, 2.24) is 9.47 Å². The first-order valence-corrected chi connectivity index (χ1v) is 11.9. The lowest BCUT2D eigenvalue weighted by atomic mass is 9.95. The molecular formula is C22H24N4O6S2. The number of aliphatic carboxylic acids is 1. The Morgan fingerprint density at radius 3 is 2.53 bits per heavy atom. The summed E-state index contributed by atoms with van der Waals surface area (Å²) < 4.78 is 6.63. The van der Waals surface area contributed by atoms with E-state index in [-0.39, 0.29) is 26.7 Å². The summed E-state index contributed by atoms with van der Waals surface area (Å²) in [6, 6.07) is 1.94. The van der Waals surface area contributed by atoms with Crippen LogP contribution in [0.4, 0.5) is 5.82 Å². The number of amides is 1. The Balaban J connectivity index is 2.05. The highest BCUT2D eigenvalue weighted by Crippen LogP contribution is 2.36. The molecule has 0 unspecified atom stereocenters. The number of anilines is 1. The highest BCUT2D eigenvalue weighted by molar-refractivity contribution is 8.26. The molecule has 0 aliphatic carbocycles. The fraction of sp³-hybridized carbons (Fsp3) is 0.455. The maximum atomic E-state index is 12.9. The molecule has 1 amide bonds. The summed E-state index contributed by atoms with van der Waals surface area (Å²) in [6.07, 6.45) is 2.63. The van der Waals surface area contributed by atoms with E-state index in [0.29, 0.717) is 49.5 Å². The van der Waals surface area contributed by atoms with Gasteiger partial charge < -0.3 is 14.7 Å². The number of nitriles is 1. The Labute approximate surface area is 205 Å². The maximum Gasteiger partial charge on any atom is 0.323 e. The second-order valence-corrected chi connectivity index (χ2v) is 9.56. The number of ether oxygens (including phenoxy) is 1. The molecule has 12 heteroatoms. The summed E-state index contributed by atoms with van der Waals surface area (Å²) in [5, 5.41) is 18.7. The van der Waals surface area contributed by atoms with Gasteiger partial charge in [0.1, 0.15) is 28.3 Å². The molecule has 34 heavy (non-hydrogen) atoms. The SMILES string of the molecule is CCOC(=O)C1CCN(c2c(C=C3SC(=S)N(CC(=O)O)C3=O)c(C)c(C#N)c(=O)n2C)CC1. The van der Waals surface area contributed by atoms with Gasteiger partial charge in [0.05, 0.1) is 17.4 Å². The first-order chi connectivity index (χ1) is 16.1. The van der Waals surface area contributed by atoms with Crippen molar-refractivity contribution >= 4 is 58.0 Å². The lowest BCUT2D eigenvalue weighted by Gasteiger charge is -2.35. The van der Waals surface area contributed by atoms with Crippen LogP contribution < -0.4 is 10.5 Å². The Kier molecular flexibility index (Phi) is 7.78. The first-order valence-electron chi connectivity index (χ1n) is 10.6. The topological polar surface area (TPSA) is 133 Å². The van der Waals surface area contributed by atoms with Crippen molar-refractivity contribution in [2.45, 2.75) is 26.7 Å². The number of thioether (sulfide) groups is 1. The van der Waals surface area contributed by atoms with Crippen molar-refractivity contribution in [2.24, 2.45) is 13.0 Å². The van der Waals surface area contributed by atoms with Crippen LogP contribution in [0.2, 0.25) is 0 Å². The molecule has 0 atom stereocenters. The van der Waals surface area contributed by atoms with Gasteiger partial charge in [0.15, 0.2) is 0 Å².